The maximum absolute atomic E-state index is 12.5. The van der Waals surface area contributed by atoms with Crippen LogP contribution in [0.3, 0.4) is 0 Å². The highest BCUT2D eigenvalue weighted by atomic mass is 35.5. The Kier molecular flexibility index (Phi) is 4.51. The van der Waals surface area contributed by atoms with Gasteiger partial charge in [0.05, 0.1) is 19.5 Å². The van der Waals surface area contributed by atoms with Crippen molar-refractivity contribution in [3.8, 4) is 0 Å². The van der Waals surface area contributed by atoms with Gasteiger partial charge in [0.25, 0.3) is 5.91 Å². The van der Waals surface area contributed by atoms with Gasteiger partial charge in [-0.15, -0.1) is 0 Å². The Labute approximate surface area is 161 Å². The van der Waals surface area contributed by atoms with E-state index in [9.17, 15) is 14.9 Å². The van der Waals surface area contributed by atoms with Crippen LogP contribution in [0, 0.1) is 10.1 Å². The summed E-state index contributed by atoms with van der Waals surface area (Å²) < 4.78 is 1.04. The zero-order valence-corrected chi connectivity index (χ0v) is 15.8. The number of carbonyl (C=O) groups is 1. The Morgan fingerprint density at radius 1 is 1.15 bits per heavy atom. The van der Waals surface area contributed by atoms with Crippen molar-refractivity contribution in [2.24, 2.45) is 0 Å². The van der Waals surface area contributed by atoms with Crippen LogP contribution >= 0.6 is 34.3 Å². The van der Waals surface area contributed by atoms with Crippen LogP contribution in [0.5, 0.6) is 0 Å². The zero-order chi connectivity index (χ0) is 18.3. The van der Waals surface area contributed by atoms with Gasteiger partial charge in [0.1, 0.15) is 5.52 Å². The summed E-state index contributed by atoms with van der Waals surface area (Å²) in [6.07, 6.45) is 0. The van der Waals surface area contributed by atoms with Crippen molar-refractivity contribution in [3.05, 3.63) is 50.3 Å². The standard InChI is InChI=1S/C16H13ClN4O3S2/c17-10-2-1-3-11-14(10)18-16(26-11)20-8-6-19(7-9-20)15(22)12-4-5-13(25-12)21(23)24/h1-5H,6-9H2. The number of anilines is 1. The van der Waals surface area contributed by atoms with E-state index in [-0.39, 0.29) is 10.9 Å². The summed E-state index contributed by atoms with van der Waals surface area (Å²) in [7, 11) is 0. The van der Waals surface area contributed by atoms with E-state index in [4.69, 9.17) is 11.6 Å². The van der Waals surface area contributed by atoms with E-state index in [1.807, 2.05) is 18.2 Å². The fourth-order valence-electron chi connectivity index (χ4n) is 2.84. The zero-order valence-electron chi connectivity index (χ0n) is 13.4. The van der Waals surface area contributed by atoms with Crippen LogP contribution in [0.15, 0.2) is 30.3 Å². The SMILES string of the molecule is O=C(c1ccc([N+](=O)[O-])s1)N1CCN(c2nc3c(Cl)cccc3s2)CC1. The summed E-state index contributed by atoms with van der Waals surface area (Å²) >= 11 is 8.69. The molecule has 0 unspecified atom stereocenters. The predicted molar refractivity (Wildman–Crippen MR) is 104 cm³/mol. The van der Waals surface area contributed by atoms with Gasteiger partial charge < -0.3 is 9.80 Å². The first-order chi connectivity index (χ1) is 12.5. The average Bonchev–Trinajstić information content (AvgIpc) is 3.29. The molecule has 1 amide bonds. The van der Waals surface area contributed by atoms with Crippen LogP contribution in [0.25, 0.3) is 10.2 Å². The third-order valence-electron chi connectivity index (χ3n) is 4.18. The molecule has 3 heterocycles. The smallest absolute Gasteiger partial charge is 0.324 e. The van der Waals surface area contributed by atoms with Crippen LogP contribution < -0.4 is 4.90 Å². The van der Waals surface area contributed by atoms with Crippen LogP contribution in [0.1, 0.15) is 9.67 Å². The Bertz CT molecular complexity index is 994. The van der Waals surface area contributed by atoms with Gasteiger partial charge in [-0.1, -0.05) is 40.3 Å². The molecule has 1 saturated heterocycles. The van der Waals surface area contributed by atoms with Gasteiger partial charge in [-0.25, -0.2) is 4.98 Å². The van der Waals surface area contributed by atoms with Crippen molar-refractivity contribution >= 4 is 60.5 Å². The molecule has 1 aliphatic rings. The number of amides is 1. The number of para-hydroxylation sites is 1. The van der Waals surface area contributed by atoms with E-state index in [1.165, 1.54) is 12.1 Å². The molecule has 0 saturated carbocycles. The molecule has 2 aromatic heterocycles. The third-order valence-corrected chi connectivity index (χ3v) is 6.59. The molecule has 0 bridgehead atoms. The number of benzene rings is 1. The number of rotatable bonds is 3. The van der Waals surface area contributed by atoms with Gasteiger partial charge in [-0.2, -0.15) is 0 Å². The van der Waals surface area contributed by atoms with E-state index >= 15 is 0 Å². The summed E-state index contributed by atoms with van der Waals surface area (Å²) in [5.41, 5.74) is 0.804. The molecule has 4 rings (SSSR count). The molecular weight excluding hydrogens is 396 g/mol. The Hall–Kier alpha value is -2.23. The number of hydrogen-bond acceptors (Lipinski definition) is 7. The fourth-order valence-corrected chi connectivity index (χ4v) is 4.94. The molecule has 10 heteroatoms. The molecule has 7 nitrogen and oxygen atoms in total. The van der Waals surface area contributed by atoms with Gasteiger partial charge in [0.2, 0.25) is 0 Å². The first-order valence-corrected chi connectivity index (χ1v) is 9.87. The van der Waals surface area contributed by atoms with E-state index < -0.39 is 4.92 Å². The molecule has 0 spiro atoms. The van der Waals surface area contributed by atoms with Gasteiger partial charge in [-0.3, -0.25) is 14.9 Å². The van der Waals surface area contributed by atoms with Crippen LogP contribution in [0.4, 0.5) is 10.1 Å². The van der Waals surface area contributed by atoms with Gasteiger partial charge in [0, 0.05) is 32.2 Å². The Morgan fingerprint density at radius 3 is 2.58 bits per heavy atom. The summed E-state index contributed by atoms with van der Waals surface area (Å²) in [5, 5.41) is 12.3. The molecule has 0 radical (unpaired) electrons. The number of thiazole rings is 1. The third kappa shape index (κ3) is 3.13. The summed E-state index contributed by atoms with van der Waals surface area (Å²) in [5.74, 6) is -0.157. The van der Waals surface area contributed by atoms with Crippen molar-refractivity contribution in [1.82, 2.24) is 9.88 Å². The highest BCUT2D eigenvalue weighted by Crippen LogP contribution is 2.33. The molecule has 1 aromatic carbocycles. The first-order valence-electron chi connectivity index (χ1n) is 7.86. The van der Waals surface area contributed by atoms with E-state index in [0.29, 0.717) is 36.1 Å². The number of hydrogen-bond donors (Lipinski definition) is 0. The highest BCUT2D eigenvalue weighted by Gasteiger charge is 2.26. The van der Waals surface area contributed by atoms with Crippen LogP contribution in [-0.4, -0.2) is 46.9 Å². The normalized spacial score (nSPS) is 14.8. The number of fused-ring (bicyclic) bond motifs is 1. The topological polar surface area (TPSA) is 79.6 Å². The Morgan fingerprint density at radius 2 is 1.92 bits per heavy atom. The predicted octanol–water partition coefficient (Wildman–Crippen LogP) is 3.88. The van der Waals surface area contributed by atoms with Crippen molar-refractivity contribution in [1.29, 1.82) is 0 Å². The molecule has 1 aliphatic heterocycles. The second kappa shape index (κ2) is 6.82. The van der Waals surface area contributed by atoms with Crippen LogP contribution in [0.2, 0.25) is 5.02 Å². The van der Waals surface area contributed by atoms with Gasteiger partial charge in [-0.05, 0) is 18.2 Å². The fraction of sp³-hybridized carbons (Fsp3) is 0.250. The number of carbonyl (C=O) groups excluding carboxylic acids is 1. The number of halogens is 1. The summed E-state index contributed by atoms with van der Waals surface area (Å²) in [4.78, 5) is 31.7. The minimum absolute atomic E-state index is 0.0154. The summed E-state index contributed by atoms with van der Waals surface area (Å²) in [6, 6.07) is 8.62. The van der Waals surface area contributed by atoms with Crippen molar-refractivity contribution in [3.63, 3.8) is 0 Å². The molecule has 3 aromatic rings. The molecule has 0 atom stereocenters. The van der Waals surface area contributed by atoms with Gasteiger partial charge in [0.15, 0.2) is 5.13 Å². The largest absolute Gasteiger partial charge is 0.345 e. The van der Waals surface area contributed by atoms with E-state index in [0.717, 1.165) is 26.7 Å². The molecule has 26 heavy (non-hydrogen) atoms. The minimum atomic E-state index is -0.475. The lowest BCUT2D eigenvalue weighted by atomic mass is 10.3. The maximum atomic E-state index is 12.5. The molecule has 1 fully saturated rings. The second-order valence-corrected chi connectivity index (χ2v) is 8.24. The molecule has 0 N–H and O–H groups in total. The first kappa shape index (κ1) is 17.2. The summed E-state index contributed by atoms with van der Waals surface area (Å²) in [6.45, 7) is 2.43. The second-order valence-electron chi connectivity index (χ2n) is 5.76. The number of nitrogens with zero attached hydrogens (tertiary/aromatic N) is 4. The lowest BCUT2D eigenvalue weighted by Crippen LogP contribution is -2.48. The number of nitro groups is 1. The highest BCUT2D eigenvalue weighted by molar-refractivity contribution is 7.22. The Balaban J connectivity index is 1.45. The lowest BCUT2D eigenvalue weighted by molar-refractivity contribution is -0.380. The number of piperazine rings is 1. The molecular formula is C16H13ClN4O3S2. The maximum Gasteiger partial charge on any atom is 0.324 e. The van der Waals surface area contributed by atoms with Crippen molar-refractivity contribution < 1.29 is 9.72 Å². The van der Waals surface area contributed by atoms with E-state index in [1.54, 1.807) is 16.2 Å². The van der Waals surface area contributed by atoms with Crippen LogP contribution in [-0.2, 0) is 0 Å². The quantitative estimate of drug-likeness (QED) is 0.485. The van der Waals surface area contributed by atoms with Crippen molar-refractivity contribution in [2.75, 3.05) is 31.1 Å². The van der Waals surface area contributed by atoms with E-state index in [2.05, 4.69) is 9.88 Å². The lowest BCUT2D eigenvalue weighted by Gasteiger charge is -2.34. The van der Waals surface area contributed by atoms with Gasteiger partial charge >= 0.3 is 5.00 Å². The minimum Gasteiger partial charge on any atom is -0.345 e. The average molecular weight is 409 g/mol. The number of thiophene rings is 1. The monoisotopic (exact) mass is 408 g/mol. The molecule has 134 valence electrons. The van der Waals surface area contributed by atoms with Crippen molar-refractivity contribution in [2.45, 2.75) is 0 Å². The molecule has 0 aliphatic carbocycles. The number of aromatic nitrogens is 1.